The van der Waals surface area contributed by atoms with Crippen LogP contribution < -0.4 is 0 Å². The average Bonchev–Trinajstić information content (AvgIpc) is 2.69. The Kier molecular flexibility index (Phi) is 3.97. The fourth-order valence-electron chi connectivity index (χ4n) is 1.08. The molecule has 4 heteroatoms. The minimum Gasteiger partial charge on any atom is -0.275 e. The normalized spacial score (nSPS) is 9.33. The molecular weight excluding hydrogens is 188 g/mol. The molecule has 0 amide bonds. The van der Waals surface area contributed by atoms with E-state index in [1.807, 2.05) is 34.0 Å². The van der Waals surface area contributed by atoms with Gasteiger partial charge in [0.1, 0.15) is 0 Å². The summed E-state index contributed by atoms with van der Waals surface area (Å²) in [5, 5.41) is 4.05. The van der Waals surface area contributed by atoms with E-state index in [9.17, 15) is 0 Å². The number of hydrogen-bond donors (Lipinski definition) is 0. The lowest BCUT2D eigenvalue weighted by Crippen LogP contribution is -1.88. The molecule has 0 atom stereocenters. The second-order valence-electron chi connectivity index (χ2n) is 2.99. The van der Waals surface area contributed by atoms with Gasteiger partial charge in [-0.25, -0.2) is 9.97 Å². The van der Waals surface area contributed by atoms with E-state index in [0.29, 0.717) is 0 Å². The van der Waals surface area contributed by atoms with E-state index in [-0.39, 0.29) is 0 Å². The minimum atomic E-state index is 0.721. The molecule has 15 heavy (non-hydrogen) atoms. The lowest BCUT2D eigenvalue weighted by Gasteiger charge is -1.94. The highest BCUT2D eigenvalue weighted by atomic mass is 15.2. The molecule has 80 valence electrons. The quantitative estimate of drug-likeness (QED) is 0.715. The van der Waals surface area contributed by atoms with Gasteiger partial charge >= 0.3 is 0 Å². The summed E-state index contributed by atoms with van der Waals surface area (Å²) in [7, 11) is 1.87. The summed E-state index contributed by atoms with van der Waals surface area (Å²) in [6.07, 6.45) is 7.25. The van der Waals surface area contributed by atoms with Crippen molar-refractivity contribution in [3.63, 3.8) is 0 Å². The van der Waals surface area contributed by atoms with Gasteiger partial charge in [-0.1, -0.05) is 13.8 Å². The molecule has 2 rings (SSSR count). The molecular formula is C11H16N4. The summed E-state index contributed by atoms with van der Waals surface area (Å²) < 4.78 is 1.73. The highest BCUT2D eigenvalue weighted by Crippen LogP contribution is 2.11. The number of nitrogens with zero attached hydrogens (tertiary/aromatic N) is 4. The van der Waals surface area contributed by atoms with Crippen molar-refractivity contribution < 1.29 is 0 Å². The van der Waals surface area contributed by atoms with Crippen LogP contribution in [0.4, 0.5) is 0 Å². The third-order valence-corrected chi connectivity index (χ3v) is 1.74. The first-order valence-electron chi connectivity index (χ1n) is 5.03. The number of rotatable bonds is 1. The van der Waals surface area contributed by atoms with Crippen molar-refractivity contribution in [2.45, 2.75) is 20.8 Å². The van der Waals surface area contributed by atoms with E-state index in [1.54, 1.807) is 23.3 Å². The van der Waals surface area contributed by atoms with Crippen molar-refractivity contribution in [3.05, 3.63) is 30.4 Å². The Bertz CT molecular complexity index is 403. The summed E-state index contributed by atoms with van der Waals surface area (Å²) in [5.74, 6) is 0.721. The Balaban J connectivity index is 0.000000531. The van der Waals surface area contributed by atoms with E-state index >= 15 is 0 Å². The number of aryl methyl sites for hydroxylation is 2. The Morgan fingerprint density at radius 1 is 1.07 bits per heavy atom. The van der Waals surface area contributed by atoms with Crippen LogP contribution >= 0.6 is 0 Å². The Hall–Kier alpha value is -1.71. The summed E-state index contributed by atoms with van der Waals surface area (Å²) in [5.41, 5.74) is 2.01. The summed E-state index contributed by atoms with van der Waals surface area (Å²) in [6, 6.07) is 0. The van der Waals surface area contributed by atoms with Crippen molar-refractivity contribution in [3.8, 4) is 11.4 Å². The number of hydrogen-bond acceptors (Lipinski definition) is 3. The van der Waals surface area contributed by atoms with Gasteiger partial charge in [-0.3, -0.25) is 4.68 Å². The lowest BCUT2D eigenvalue weighted by atomic mass is 10.3. The van der Waals surface area contributed by atoms with Crippen molar-refractivity contribution in [2.24, 2.45) is 7.05 Å². The molecule has 0 unspecified atom stereocenters. The smallest absolute Gasteiger partial charge is 0.162 e. The zero-order chi connectivity index (χ0) is 11.3. The summed E-state index contributed by atoms with van der Waals surface area (Å²) >= 11 is 0. The van der Waals surface area contributed by atoms with E-state index < -0.39 is 0 Å². The first-order valence-corrected chi connectivity index (χ1v) is 5.03. The molecule has 0 aromatic carbocycles. The predicted octanol–water partition coefficient (Wildman–Crippen LogP) is 2.21. The summed E-state index contributed by atoms with van der Waals surface area (Å²) in [6.45, 7) is 5.97. The van der Waals surface area contributed by atoms with Gasteiger partial charge in [0, 0.05) is 25.6 Å². The van der Waals surface area contributed by atoms with Crippen LogP contribution in [0.1, 0.15) is 19.4 Å². The van der Waals surface area contributed by atoms with E-state index in [2.05, 4.69) is 15.1 Å². The van der Waals surface area contributed by atoms with Crippen LogP contribution in [0.15, 0.2) is 24.8 Å². The predicted molar refractivity (Wildman–Crippen MR) is 60.3 cm³/mol. The molecule has 2 aromatic heterocycles. The van der Waals surface area contributed by atoms with E-state index in [0.717, 1.165) is 17.0 Å². The van der Waals surface area contributed by atoms with Crippen LogP contribution in [-0.2, 0) is 7.05 Å². The Morgan fingerprint density at radius 3 is 2.13 bits per heavy atom. The maximum absolute atomic E-state index is 4.20. The van der Waals surface area contributed by atoms with Crippen LogP contribution in [0.2, 0.25) is 0 Å². The van der Waals surface area contributed by atoms with Crippen LogP contribution in [0, 0.1) is 6.92 Å². The lowest BCUT2D eigenvalue weighted by molar-refractivity contribution is 0.768. The molecule has 2 heterocycles. The van der Waals surface area contributed by atoms with Gasteiger partial charge in [0.15, 0.2) is 5.82 Å². The van der Waals surface area contributed by atoms with Crippen molar-refractivity contribution in [2.75, 3.05) is 0 Å². The fraction of sp³-hybridized carbons (Fsp3) is 0.364. The van der Waals surface area contributed by atoms with E-state index in [4.69, 9.17) is 0 Å². The van der Waals surface area contributed by atoms with Crippen LogP contribution in [-0.4, -0.2) is 19.7 Å². The zero-order valence-corrected chi connectivity index (χ0v) is 9.60. The molecule has 0 N–H and O–H groups in total. The SMILES string of the molecule is CC.Cc1cnc(-c2cnn(C)c2)nc1. The van der Waals surface area contributed by atoms with Crippen molar-refractivity contribution in [1.82, 2.24) is 19.7 Å². The van der Waals surface area contributed by atoms with Crippen LogP contribution in [0.5, 0.6) is 0 Å². The molecule has 0 aliphatic heterocycles. The van der Waals surface area contributed by atoms with Gasteiger partial charge in [-0.2, -0.15) is 5.10 Å². The van der Waals surface area contributed by atoms with E-state index in [1.165, 1.54) is 0 Å². The van der Waals surface area contributed by atoms with Gasteiger partial charge in [0.25, 0.3) is 0 Å². The van der Waals surface area contributed by atoms with Gasteiger partial charge < -0.3 is 0 Å². The standard InChI is InChI=1S/C9H10N4.C2H6/c1-7-3-10-9(11-4-7)8-5-12-13(2)6-8;1-2/h3-6H,1-2H3;1-2H3. The molecule has 0 aliphatic carbocycles. The second kappa shape index (κ2) is 5.24. The Morgan fingerprint density at radius 2 is 1.67 bits per heavy atom. The molecule has 0 radical (unpaired) electrons. The topological polar surface area (TPSA) is 43.6 Å². The van der Waals surface area contributed by atoms with Gasteiger partial charge in [-0.15, -0.1) is 0 Å². The molecule has 0 saturated heterocycles. The zero-order valence-electron chi connectivity index (χ0n) is 9.60. The fourth-order valence-corrected chi connectivity index (χ4v) is 1.08. The molecule has 0 aliphatic rings. The first-order chi connectivity index (χ1) is 7.25. The molecule has 2 aromatic rings. The monoisotopic (exact) mass is 204 g/mol. The summed E-state index contributed by atoms with van der Waals surface area (Å²) in [4.78, 5) is 8.39. The van der Waals surface area contributed by atoms with Crippen molar-refractivity contribution >= 4 is 0 Å². The van der Waals surface area contributed by atoms with Crippen LogP contribution in [0.3, 0.4) is 0 Å². The largest absolute Gasteiger partial charge is 0.275 e. The number of aromatic nitrogens is 4. The first kappa shape index (κ1) is 11.4. The minimum absolute atomic E-state index is 0.721. The third-order valence-electron chi connectivity index (χ3n) is 1.74. The van der Waals surface area contributed by atoms with Gasteiger partial charge in [0.05, 0.1) is 11.8 Å². The average molecular weight is 204 g/mol. The second-order valence-corrected chi connectivity index (χ2v) is 2.99. The Labute approximate surface area is 90.0 Å². The molecule has 0 saturated carbocycles. The highest BCUT2D eigenvalue weighted by Gasteiger charge is 2.01. The molecule has 0 fully saturated rings. The maximum Gasteiger partial charge on any atom is 0.162 e. The molecule has 0 spiro atoms. The van der Waals surface area contributed by atoms with Gasteiger partial charge in [0.2, 0.25) is 0 Å². The molecule has 0 bridgehead atoms. The maximum atomic E-state index is 4.20. The molecule has 4 nitrogen and oxygen atoms in total. The third kappa shape index (κ3) is 2.87. The highest BCUT2D eigenvalue weighted by molar-refractivity contribution is 5.51. The van der Waals surface area contributed by atoms with Crippen molar-refractivity contribution in [1.29, 1.82) is 0 Å². The van der Waals surface area contributed by atoms with Gasteiger partial charge in [-0.05, 0) is 12.5 Å². The van der Waals surface area contributed by atoms with Crippen LogP contribution in [0.25, 0.3) is 11.4 Å².